The zero-order valence-electron chi connectivity index (χ0n) is 10.8. The van der Waals surface area contributed by atoms with Crippen molar-refractivity contribution >= 4 is 46.4 Å². The minimum Gasteiger partial charge on any atom is -0.368 e. The molecule has 0 spiro atoms. The Hall–Kier alpha value is -1.56. The van der Waals surface area contributed by atoms with Crippen molar-refractivity contribution in [2.45, 2.75) is 12.5 Å². The standard InChI is InChI=1S/C14H12Cl2N2O2S/c15-10-3-1-9(2-4-10)13(14(17)20)18-12(19)6-8-5-11(16)21-7-8/h1-5,7,13H,6H2,(H2,17,20)(H,18,19). The summed E-state index contributed by atoms with van der Waals surface area (Å²) < 4.78 is 0.613. The summed E-state index contributed by atoms with van der Waals surface area (Å²) in [7, 11) is 0. The molecule has 0 fully saturated rings. The molecular formula is C14H12Cl2N2O2S. The number of nitrogens with one attached hydrogen (secondary N) is 1. The molecule has 1 atom stereocenters. The van der Waals surface area contributed by atoms with Crippen molar-refractivity contribution in [1.29, 1.82) is 0 Å². The van der Waals surface area contributed by atoms with E-state index < -0.39 is 11.9 Å². The highest BCUT2D eigenvalue weighted by Gasteiger charge is 2.20. The topological polar surface area (TPSA) is 72.2 Å². The summed E-state index contributed by atoms with van der Waals surface area (Å²) in [5.74, 6) is -0.933. The highest BCUT2D eigenvalue weighted by atomic mass is 35.5. The number of primary amides is 1. The number of nitrogens with two attached hydrogens (primary N) is 1. The highest BCUT2D eigenvalue weighted by molar-refractivity contribution is 7.14. The maximum Gasteiger partial charge on any atom is 0.244 e. The Kier molecular flexibility index (Phi) is 5.22. The second-order valence-corrected chi connectivity index (χ2v) is 6.37. The molecule has 0 saturated carbocycles. The lowest BCUT2D eigenvalue weighted by molar-refractivity contribution is -0.127. The molecule has 0 bridgehead atoms. The van der Waals surface area contributed by atoms with E-state index in [9.17, 15) is 9.59 Å². The first-order valence-corrected chi connectivity index (χ1v) is 7.66. The van der Waals surface area contributed by atoms with E-state index in [1.807, 2.05) is 0 Å². The second kappa shape index (κ2) is 6.93. The van der Waals surface area contributed by atoms with Gasteiger partial charge in [-0.1, -0.05) is 35.3 Å². The summed E-state index contributed by atoms with van der Waals surface area (Å²) in [6, 6.07) is 7.41. The van der Waals surface area contributed by atoms with Crippen LogP contribution in [0.4, 0.5) is 0 Å². The van der Waals surface area contributed by atoms with E-state index in [4.69, 9.17) is 28.9 Å². The summed E-state index contributed by atoms with van der Waals surface area (Å²) in [5.41, 5.74) is 6.73. The monoisotopic (exact) mass is 342 g/mol. The SMILES string of the molecule is NC(=O)C(NC(=O)Cc1csc(Cl)c1)c1ccc(Cl)cc1. The van der Waals surface area contributed by atoms with Crippen LogP contribution in [-0.4, -0.2) is 11.8 Å². The maximum atomic E-state index is 12.0. The molecule has 2 rings (SSSR count). The smallest absolute Gasteiger partial charge is 0.244 e. The Balaban J connectivity index is 2.07. The Bertz CT molecular complexity index is 655. The van der Waals surface area contributed by atoms with Crippen LogP contribution in [0.5, 0.6) is 0 Å². The first kappa shape index (κ1) is 15.8. The van der Waals surface area contributed by atoms with Gasteiger partial charge in [-0.2, -0.15) is 0 Å². The van der Waals surface area contributed by atoms with Crippen molar-refractivity contribution in [3.63, 3.8) is 0 Å². The minimum atomic E-state index is -0.885. The molecule has 1 aromatic carbocycles. The molecule has 0 aliphatic heterocycles. The van der Waals surface area contributed by atoms with Gasteiger partial charge in [0.1, 0.15) is 6.04 Å². The van der Waals surface area contributed by atoms with E-state index >= 15 is 0 Å². The average Bonchev–Trinajstić information content (AvgIpc) is 2.82. The minimum absolute atomic E-state index is 0.139. The molecule has 2 amide bonds. The summed E-state index contributed by atoms with van der Waals surface area (Å²) in [6.45, 7) is 0. The fourth-order valence-corrected chi connectivity index (χ4v) is 2.84. The van der Waals surface area contributed by atoms with E-state index in [2.05, 4.69) is 5.32 Å². The van der Waals surface area contributed by atoms with E-state index in [0.717, 1.165) is 5.56 Å². The van der Waals surface area contributed by atoms with Gasteiger partial charge in [0, 0.05) is 5.02 Å². The molecule has 2 aromatic rings. The average molecular weight is 343 g/mol. The Morgan fingerprint density at radius 1 is 1.24 bits per heavy atom. The lowest BCUT2D eigenvalue weighted by Gasteiger charge is -2.15. The first-order valence-electron chi connectivity index (χ1n) is 6.03. The van der Waals surface area contributed by atoms with Gasteiger partial charge >= 0.3 is 0 Å². The van der Waals surface area contributed by atoms with E-state index in [1.54, 1.807) is 35.7 Å². The van der Waals surface area contributed by atoms with Gasteiger partial charge in [0.05, 0.1) is 10.8 Å². The molecule has 0 aliphatic rings. The molecule has 1 unspecified atom stereocenters. The molecule has 7 heteroatoms. The number of hydrogen-bond donors (Lipinski definition) is 2. The fourth-order valence-electron chi connectivity index (χ4n) is 1.81. The van der Waals surface area contributed by atoms with E-state index in [1.165, 1.54) is 11.3 Å². The van der Waals surface area contributed by atoms with Gasteiger partial charge in [-0.3, -0.25) is 9.59 Å². The van der Waals surface area contributed by atoms with Gasteiger partial charge in [-0.25, -0.2) is 0 Å². The molecule has 21 heavy (non-hydrogen) atoms. The number of rotatable bonds is 5. The number of hydrogen-bond acceptors (Lipinski definition) is 3. The molecule has 1 aromatic heterocycles. The normalized spacial score (nSPS) is 11.9. The van der Waals surface area contributed by atoms with Crippen molar-refractivity contribution in [1.82, 2.24) is 5.32 Å². The summed E-state index contributed by atoms with van der Waals surface area (Å²) in [5, 5.41) is 4.95. The van der Waals surface area contributed by atoms with Crippen LogP contribution in [0.2, 0.25) is 9.36 Å². The molecule has 0 radical (unpaired) electrons. The Labute approximate surface area is 135 Å². The lowest BCUT2D eigenvalue weighted by atomic mass is 10.1. The van der Waals surface area contributed by atoms with Gasteiger partial charge in [0.2, 0.25) is 11.8 Å². The van der Waals surface area contributed by atoms with Gasteiger partial charge in [-0.15, -0.1) is 11.3 Å². The quantitative estimate of drug-likeness (QED) is 0.876. The van der Waals surface area contributed by atoms with Crippen LogP contribution < -0.4 is 11.1 Å². The molecular weight excluding hydrogens is 331 g/mol. The van der Waals surface area contributed by atoms with Crippen molar-refractivity contribution in [2.24, 2.45) is 5.73 Å². The van der Waals surface area contributed by atoms with Crippen LogP contribution in [-0.2, 0) is 16.0 Å². The largest absolute Gasteiger partial charge is 0.368 e. The van der Waals surface area contributed by atoms with Crippen LogP contribution in [0.3, 0.4) is 0 Å². The molecule has 1 heterocycles. The third-order valence-electron chi connectivity index (χ3n) is 2.78. The lowest BCUT2D eigenvalue weighted by Crippen LogP contribution is -2.38. The number of benzene rings is 1. The third kappa shape index (κ3) is 4.46. The van der Waals surface area contributed by atoms with Crippen molar-refractivity contribution in [3.05, 3.63) is 56.2 Å². The number of carbonyl (C=O) groups is 2. The highest BCUT2D eigenvalue weighted by Crippen LogP contribution is 2.21. The number of thiophene rings is 1. The van der Waals surface area contributed by atoms with Gasteiger partial charge in [0.15, 0.2) is 0 Å². The predicted octanol–water partition coefficient (Wildman–Crippen LogP) is 2.94. The maximum absolute atomic E-state index is 12.0. The number of amides is 2. The van der Waals surface area contributed by atoms with Crippen LogP contribution >= 0.6 is 34.5 Å². The summed E-state index contributed by atoms with van der Waals surface area (Å²) in [6.07, 6.45) is 0.139. The molecule has 4 nitrogen and oxygen atoms in total. The molecule has 0 saturated heterocycles. The first-order chi connectivity index (χ1) is 9.95. The predicted molar refractivity (Wildman–Crippen MR) is 84.6 cm³/mol. The van der Waals surface area contributed by atoms with Gasteiger partial charge in [-0.05, 0) is 34.7 Å². The Morgan fingerprint density at radius 2 is 1.90 bits per heavy atom. The van der Waals surface area contributed by atoms with Gasteiger partial charge < -0.3 is 11.1 Å². The zero-order chi connectivity index (χ0) is 15.4. The second-order valence-electron chi connectivity index (χ2n) is 4.39. The van der Waals surface area contributed by atoms with Crippen LogP contribution in [0.15, 0.2) is 35.7 Å². The number of halogens is 2. The summed E-state index contributed by atoms with van der Waals surface area (Å²) >= 11 is 13.0. The van der Waals surface area contributed by atoms with Crippen LogP contribution in [0, 0.1) is 0 Å². The van der Waals surface area contributed by atoms with Crippen molar-refractivity contribution in [3.8, 4) is 0 Å². The van der Waals surface area contributed by atoms with E-state index in [-0.39, 0.29) is 12.3 Å². The van der Waals surface area contributed by atoms with Crippen molar-refractivity contribution < 1.29 is 9.59 Å². The molecule has 110 valence electrons. The third-order valence-corrected chi connectivity index (χ3v) is 4.17. The van der Waals surface area contributed by atoms with Crippen LogP contribution in [0.25, 0.3) is 0 Å². The fraction of sp³-hybridized carbons (Fsp3) is 0.143. The molecule has 0 aliphatic carbocycles. The van der Waals surface area contributed by atoms with Crippen LogP contribution in [0.1, 0.15) is 17.2 Å². The zero-order valence-corrected chi connectivity index (χ0v) is 13.1. The molecule has 3 N–H and O–H groups in total. The van der Waals surface area contributed by atoms with Crippen molar-refractivity contribution in [2.75, 3.05) is 0 Å². The number of carbonyl (C=O) groups excluding carboxylic acids is 2. The Morgan fingerprint density at radius 3 is 2.43 bits per heavy atom. The van der Waals surface area contributed by atoms with E-state index in [0.29, 0.717) is 14.9 Å². The summed E-state index contributed by atoms with van der Waals surface area (Å²) in [4.78, 5) is 23.5. The van der Waals surface area contributed by atoms with Gasteiger partial charge in [0.25, 0.3) is 0 Å².